The summed E-state index contributed by atoms with van der Waals surface area (Å²) < 4.78 is 2.44. The first-order chi connectivity index (χ1) is 33.7. The second kappa shape index (κ2) is 16.5. The quantitative estimate of drug-likeness (QED) is 0.138. The maximum atomic E-state index is 2.44. The molecule has 2 nitrogen and oxygen atoms in total. The molecule has 0 aliphatic rings. The first-order valence-corrected chi connectivity index (χ1v) is 23.4. The molecule has 318 valence electrons. The van der Waals surface area contributed by atoms with Gasteiger partial charge in [0.1, 0.15) is 0 Å². The summed E-state index contributed by atoms with van der Waals surface area (Å²) in [6.45, 7) is 0. The Balaban J connectivity index is 0.894. The fourth-order valence-corrected chi connectivity index (χ4v) is 10.3. The zero-order chi connectivity index (χ0) is 45.0. The topological polar surface area (TPSA) is 8.17 Å². The van der Waals surface area contributed by atoms with Gasteiger partial charge in [0.15, 0.2) is 0 Å². The van der Waals surface area contributed by atoms with Gasteiger partial charge < -0.3 is 9.47 Å². The number of rotatable bonds is 8. The third kappa shape index (κ3) is 6.90. The molecule has 2 heteroatoms. The molecule has 0 fully saturated rings. The Bertz CT molecular complexity index is 3980. The third-order valence-electron chi connectivity index (χ3n) is 13.8. The van der Waals surface area contributed by atoms with Crippen LogP contribution in [0.5, 0.6) is 0 Å². The number of fused-ring (bicyclic) bond motifs is 8. The van der Waals surface area contributed by atoms with Crippen LogP contribution < -0.4 is 4.90 Å². The van der Waals surface area contributed by atoms with E-state index in [0.29, 0.717) is 0 Å². The van der Waals surface area contributed by atoms with Crippen molar-refractivity contribution in [3.05, 3.63) is 267 Å². The highest BCUT2D eigenvalue weighted by Gasteiger charge is 2.18. The van der Waals surface area contributed by atoms with Crippen LogP contribution in [0.25, 0.3) is 104 Å². The van der Waals surface area contributed by atoms with Gasteiger partial charge in [-0.2, -0.15) is 0 Å². The number of benzene rings is 12. The van der Waals surface area contributed by atoms with Gasteiger partial charge in [0.05, 0.1) is 11.0 Å². The molecule has 12 aromatic carbocycles. The number of hydrogen-bond acceptors (Lipinski definition) is 1. The molecule has 13 rings (SSSR count). The second-order valence-corrected chi connectivity index (χ2v) is 17.7. The summed E-state index contributed by atoms with van der Waals surface area (Å²) >= 11 is 0. The largest absolute Gasteiger partial charge is 0.311 e. The van der Waals surface area contributed by atoms with Crippen molar-refractivity contribution in [2.24, 2.45) is 0 Å². The van der Waals surface area contributed by atoms with Crippen molar-refractivity contribution in [2.45, 2.75) is 0 Å². The summed E-state index contributed by atoms with van der Waals surface area (Å²) in [5.74, 6) is 0. The van der Waals surface area contributed by atoms with Gasteiger partial charge in [-0.25, -0.2) is 0 Å². The Morgan fingerprint density at radius 3 is 1.28 bits per heavy atom. The van der Waals surface area contributed by atoms with Gasteiger partial charge in [0, 0.05) is 38.9 Å². The summed E-state index contributed by atoms with van der Waals surface area (Å²) in [4.78, 5) is 2.37. The van der Waals surface area contributed by atoms with Crippen LogP contribution in [0.3, 0.4) is 0 Å². The van der Waals surface area contributed by atoms with E-state index in [9.17, 15) is 0 Å². The predicted octanol–water partition coefficient (Wildman–Crippen LogP) is 18.4. The SMILES string of the molecule is c1ccc(-c2cccc(-c3ccc(N(c4ccc(-c5ccc6ccc7ccccc7c6c5)cc4)c4ccc(-c5ccc6c7ccc8ccccc8c7n(-c7ccccc7)c6c5)cc4)cc3)c2)cc1. The van der Waals surface area contributed by atoms with E-state index in [4.69, 9.17) is 0 Å². The molecular weight excluding hydrogens is 821 g/mol. The van der Waals surface area contributed by atoms with Crippen molar-refractivity contribution in [3.63, 3.8) is 0 Å². The fraction of sp³-hybridized carbons (Fsp3) is 0. The van der Waals surface area contributed by atoms with Crippen LogP contribution >= 0.6 is 0 Å². The first kappa shape index (κ1) is 39.4. The van der Waals surface area contributed by atoms with E-state index in [-0.39, 0.29) is 0 Å². The highest BCUT2D eigenvalue weighted by molar-refractivity contribution is 6.19. The zero-order valence-electron chi connectivity index (χ0n) is 37.3. The minimum atomic E-state index is 1.09. The molecule has 0 saturated carbocycles. The minimum Gasteiger partial charge on any atom is -0.311 e. The monoisotopic (exact) mass is 864 g/mol. The van der Waals surface area contributed by atoms with E-state index in [0.717, 1.165) is 28.3 Å². The van der Waals surface area contributed by atoms with Crippen molar-refractivity contribution in [3.8, 4) is 50.2 Å². The van der Waals surface area contributed by atoms with E-state index < -0.39 is 0 Å². The second-order valence-electron chi connectivity index (χ2n) is 17.7. The number of para-hydroxylation sites is 1. The molecular formula is C66H44N2. The average molecular weight is 865 g/mol. The van der Waals surface area contributed by atoms with Crippen molar-refractivity contribution < 1.29 is 0 Å². The highest BCUT2D eigenvalue weighted by atomic mass is 15.1. The van der Waals surface area contributed by atoms with Gasteiger partial charge in [-0.1, -0.05) is 200 Å². The molecule has 13 aromatic rings. The number of anilines is 3. The first-order valence-electron chi connectivity index (χ1n) is 23.4. The van der Waals surface area contributed by atoms with Crippen LogP contribution in [0.4, 0.5) is 17.1 Å². The molecule has 0 bridgehead atoms. The van der Waals surface area contributed by atoms with Crippen LogP contribution in [-0.4, -0.2) is 4.57 Å². The van der Waals surface area contributed by atoms with E-state index in [1.54, 1.807) is 0 Å². The van der Waals surface area contributed by atoms with E-state index >= 15 is 0 Å². The summed E-state index contributed by atoms with van der Waals surface area (Å²) in [7, 11) is 0. The predicted molar refractivity (Wildman–Crippen MR) is 290 cm³/mol. The van der Waals surface area contributed by atoms with Crippen molar-refractivity contribution in [2.75, 3.05) is 4.90 Å². The molecule has 1 aromatic heterocycles. The molecule has 0 radical (unpaired) electrons. The Kier molecular flexibility index (Phi) is 9.54. The standard InChI is InChI=1S/C66H44N2/c1-3-12-45(13-4-1)52-16-11-17-53(42-52)46-26-34-57(35-27-46)67(58-36-28-47(29-37-58)54-25-24-51-23-22-49-14-7-9-20-60(49)64(51)43-54)59-38-30-48(31-39-59)55-33-40-62-63-41-32-50-15-8-10-21-61(50)66(63)68(65(62)44-55)56-18-5-2-6-19-56/h1-44H. The molecule has 0 N–H and O–H groups in total. The Hall–Kier alpha value is -8.98. The number of hydrogen-bond donors (Lipinski definition) is 0. The summed E-state index contributed by atoms with van der Waals surface area (Å²) in [6.07, 6.45) is 0. The summed E-state index contributed by atoms with van der Waals surface area (Å²) in [6, 6.07) is 97.4. The van der Waals surface area contributed by atoms with E-state index in [1.807, 2.05) is 0 Å². The van der Waals surface area contributed by atoms with Crippen LogP contribution in [0.1, 0.15) is 0 Å². The van der Waals surface area contributed by atoms with Gasteiger partial charge >= 0.3 is 0 Å². The lowest BCUT2D eigenvalue weighted by molar-refractivity contribution is 1.19. The number of aromatic nitrogens is 1. The van der Waals surface area contributed by atoms with Crippen molar-refractivity contribution >= 4 is 71.2 Å². The van der Waals surface area contributed by atoms with E-state index in [1.165, 1.54) is 93.1 Å². The Morgan fingerprint density at radius 1 is 0.235 bits per heavy atom. The Labute approximate surface area is 395 Å². The van der Waals surface area contributed by atoms with Crippen LogP contribution in [-0.2, 0) is 0 Å². The van der Waals surface area contributed by atoms with Crippen LogP contribution in [0.15, 0.2) is 267 Å². The average Bonchev–Trinajstić information content (AvgIpc) is 3.76. The fourth-order valence-electron chi connectivity index (χ4n) is 10.3. The van der Waals surface area contributed by atoms with Gasteiger partial charge in [-0.05, 0) is 138 Å². The van der Waals surface area contributed by atoms with E-state index in [2.05, 4.69) is 276 Å². The summed E-state index contributed by atoms with van der Waals surface area (Å²) in [5, 5.41) is 10.1. The van der Waals surface area contributed by atoms with Crippen LogP contribution in [0.2, 0.25) is 0 Å². The minimum absolute atomic E-state index is 1.09. The molecule has 0 aliphatic heterocycles. The molecule has 1 heterocycles. The van der Waals surface area contributed by atoms with Gasteiger partial charge in [0.25, 0.3) is 0 Å². The van der Waals surface area contributed by atoms with Crippen molar-refractivity contribution in [1.29, 1.82) is 0 Å². The number of nitrogens with zero attached hydrogens (tertiary/aromatic N) is 2. The lowest BCUT2D eigenvalue weighted by atomic mass is 9.97. The normalized spacial score (nSPS) is 11.5. The third-order valence-corrected chi connectivity index (χ3v) is 13.8. The molecule has 0 atom stereocenters. The van der Waals surface area contributed by atoms with Gasteiger partial charge in [0.2, 0.25) is 0 Å². The summed E-state index contributed by atoms with van der Waals surface area (Å²) in [5.41, 5.74) is 16.4. The Morgan fingerprint density at radius 2 is 0.647 bits per heavy atom. The molecule has 0 unspecified atom stereocenters. The van der Waals surface area contributed by atoms with Gasteiger partial charge in [-0.3, -0.25) is 0 Å². The molecule has 0 saturated heterocycles. The van der Waals surface area contributed by atoms with Gasteiger partial charge in [-0.15, -0.1) is 0 Å². The maximum absolute atomic E-state index is 2.44. The van der Waals surface area contributed by atoms with Crippen LogP contribution in [0, 0.1) is 0 Å². The maximum Gasteiger partial charge on any atom is 0.0619 e. The molecule has 0 aliphatic carbocycles. The zero-order valence-corrected chi connectivity index (χ0v) is 37.3. The van der Waals surface area contributed by atoms with Crippen molar-refractivity contribution in [1.82, 2.24) is 4.57 Å². The smallest absolute Gasteiger partial charge is 0.0619 e. The molecule has 0 amide bonds. The lowest BCUT2D eigenvalue weighted by Gasteiger charge is -2.26. The highest BCUT2D eigenvalue weighted by Crippen LogP contribution is 2.41. The molecule has 68 heavy (non-hydrogen) atoms. The molecule has 0 spiro atoms. The lowest BCUT2D eigenvalue weighted by Crippen LogP contribution is -2.09.